The van der Waals surface area contributed by atoms with E-state index in [4.69, 9.17) is 5.11 Å². The Morgan fingerprint density at radius 3 is 2.81 bits per heavy atom. The fraction of sp³-hybridized carbons (Fsp3) is 0.500. The van der Waals surface area contributed by atoms with Crippen molar-refractivity contribution >= 4 is 12.0 Å². The Hall–Kier alpha value is -2.15. The molecule has 2 atom stereocenters. The first-order valence-corrected chi connectivity index (χ1v) is 6.73. The first-order valence-electron chi connectivity index (χ1n) is 6.73. The van der Waals surface area contributed by atoms with Crippen LogP contribution in [0.25, 0.3) is 0 Å². The highest BCUT2D eigenvalue weighted by atomic mass is 16.4. The molecule has 0 radical (unpaired) electrons. The summed E-state index contributed by atoms with van der Waals surface area (Å²) < 4.78 is 0. The summed E-state index contributed by atoms with van der Waals surface area (Å²) in [5.41, 5.74) is 1.59. The van der Waals surface area contributed by atoms with E-state index in [1.165, 1.54) is 9.80 Å². The second-order valence-corrected chi connectivity index (χ2v) is 5.30. The molecular formula is C14H19N3O4. The summed E-state index contributed by atoms with van der Waals surface area (Å²) in [5, 5.41) is 18.7. The molecule has 2 N–H and O–H groups in total. The molecular weight excluding hydrogens is 274 g/mol. The lowest BCUT2D eigenvalue weighted by Gasteiger charge is -2.27. The number of β-amino-alcohol motifs (C(OH)–C–C–N with tert-alkyl or cyclic N) is 1. The molecule has 0 saturated carbocycles. The number of pyridine rings is 1. The highest BCUT2D eigenvalue weighted by molar-refractivity contribution is 5.83. The third kappa shape index (κ3) is 3.49. The Kier molecular flexibility index (Phi) is 4.42. The topological polar surface area (TPSA) is 94.0 Å². The van der Waals surface area contributed by atoms with E-state index in [1.807, 2.05) is 25.1 Å². The number of aliphatic hydroxyl groups excluding tert-OH is 1. The van der Waals surface area contributed by atoms with Crippen LogP contribution in [0.3, 0.4) is 0 Å². The molecule has 2 amide bonds. The molecule has 1 aromatic heterocycles. The molecule has 7 nitrogen and oxygen atoms in total. The molecule has 21 heavy (non-hydrogen) atoms. The van der Waals surface area contributed by atoms with E-state index in [-0.39, 0.29) is 13.0 Å². The van der Waals surface area contributed by atoms with Gasteiger partial charge in [0, 0.05) is 25.7 Å². The van der Waals surface area contributed by atoms with Crippen LogP contribution in [0.1, 0.15) is 17.8 Å². The number of nitrogens with zero attached hydrogens (tertiary/aromatic N) is 3. The number of aromatic nitrogens is 1. The van der Waals surface area contributed by atoms with Gasteiger partial charge in [-0.15, -0.1) is 0 Å². The molecule has 1 aliphatic rings. The van der Waals surface area contributed by atoms with E-state index in [0.29, 0.717) is 6.54 Å². The number of carboxylic acids is 1. The number of carbonyl (C=O) groups is 2. The normalized spacial score (nSPS) is 21.4. The van der Waals surface area contributed by atoms with Crippen LogP contribution in [0.2, 0.25) is 0 Å². The highest BCUT2D eigenvalue weighted by Gasteiger charge is 2.40. The molecule has 0 bridgehead atoms. The number of likely N-dealkylation sites (tertiary alicyclic amines) is 1. The number of rotatable bonds is 3. The third-order valence-electron chi connectivity index (χ3n) is 3.48. The third-order valence-corrected chi connectivity index (χ3v) is 3.48. The number of hydrogen-bond acceptors (Lipinski definition) is 4. The zero-order valence-corrected chi connectivity index (χ0v) is 12.1. The minimum absolute atomic E-state index is 0.0430. The number of hydrogen-bond donors (Lipinski definition) is 2. The van der Waals surface area contributed by atoms with Gasteiger partial charge in [0.1, 0.15) is 6.04 Å². The van der Waals surface area contributed by atoms with Crippen molar-refractivity contribution in [1.82, 2.24) is 14.8 Å². The number of aryl methyl sites for hydroxylation is 1. The first kappa shape index (κ1) is 15.2. The summed E-state index contributed by atoms with van der Waals surface area (Å²) in [7, 11) is 1.59. The number of urea groups is 1. The fourth-order valence-corrected chi connectivity index (χ4v) is 2.48. The molecule has 1 aromatic rings. The van der Waals surface area contributed by atoms with Crippen LogP contribution in [0, 0.1) is 6.92 Å². The molecule has 1 fully saturated rings. The first-order chi connectivity index (χ1) is 9.88. The van der Waals surface area contributed by atoms with Crippen molar-refractivity contribution in [2.24, 2.45) is 0 Å². The Labute approximate surface area is 122 Å². The highest BCUT2D eigenvalue weighted by Crippen LogP contribution is 2.20. The van der Waals surface area contributed by atoms with Gasteiger partial charge in [-0.05, 0) is 19.1 Å². The number of amides is 2. The van der Waals surface area contributed by atoms with Gasteiger partial charge in [0.25, 0.3) is 0 Å². The van der Waals surface area contributed by atoms with Crippen molar-refractivity contribution < 1.29 is 19.8 Å². The van der Waals surface area contributed by atoms with Gasteiger partial charge in [-0.2, -0.15) is 0 Å². The van der Waals surface area contributed by atoms with Gasteiger partial charge in [-0.25, -0.2) is 9.59 Å². The summed E-state index contributed by atoms with van der Waals surface area (Å²) in [4.78, 5) is 30.4. The maximum atomic E-state index is 12.3. The second kappa shape index (κ2) is 6.09. The van der Waals surface area contributed by atoms with Crippen LogP contribution in [-0.4, -0.2) is 62.7 Å². The lowest BCUT2D eigenvalue weighted by atomic mass is 10.2. The van der Waals surface area contributed by atoms with Crippen molar-refractivity contribution in [2.75, 3.05) is 13.6 Å². The minimum atomic E-state index is -1.10. The van der Waals surface area contributed by atoms with Crippen LogP contribution in [0.4, 0.5) is 4.79 Å². The molecule has 0 unspecified atom stereocenters. The SMILES string of the molecule is Cc1cccc(CN(C)C(=O)N2C[C@@H](O)C[C@H]2C(=O)O)n1. The number of aliphatic carboxylic acids is 1. The lowest BCUT2D eigenvalue weighted by Crippen LogP contribution is -2.46. The predicted molar refractivity (Wildman–Crippen MR) is 74.6 cm³/mol. The van der Waals surface area contributed by atoms with E-state index >= 15 is 0 Å². The second-order valence-electron chi connectivity index (χ2n) is 5.30. The molecule has 1 aliphatic heterocycles. The molecule has 2 heterocycles. The minimum Gasteiger partial charge on any atom is -0.480 e. The van der Waals surface area contributed by atoms with E-state index in [0.717, 1.165) is 11.4 Å². The van der Waals surface area contributed by atoms with Crippen LogP contribution >= 0.6 is 0 Å². The Balaban J connectivity index is 2.06. The van der Waals surface area contributed by atoms with Crippen LogP contribution in [-0.2, 0) is 11.3 Å². The average Bonchev–Trinajstić information content (AvgIpc) is 2.80. The lowest BCUT2D eigenvalue weighted by molar-refractivity contribution is -0.141. The van der Waals surface area contributed by atoms with E-state index < -0.39 is 24.1 Å². The summed E-state index contributed by atoms with van der Waals surface area (Å²) in [5.74, 6) is -1.10. The van der Waals surface area contributed by atoms with E-state index in [1.54, 1.807) is 7.05 Å². The van der Waals surface area contributed by atoms with Crippen LogP contribution in [0.15, 0.2) is 18.2 Å². The van der Waals surface area contributed by atoms with Gasteiger partial charge in [0.05, 0.1) is 18.3 Å². The fourth-order valence-electron chi connectivity index (χ4n) is 2.48. The van der Waals surface area contributed by atoms with E-state index in [2.05, 4.69) is 4.98 Å². The van der Waals surface area contributed by atoms with Gasteiger partial charge in [0.2, 0.25) is 0 Å². The number of carboxylic acid groups (broad SMARTS) is 1. The predicted octanol–water partition coefficient (Wildman–Crippen LogP) is 0.462. The summed E-state index contributed by atoms with van der Waals surface area (Å²) in [6.45, 7) is 2.20. The average molecular weight is 293 g/mol. The molecule has 7 heteroatoms. The van der Waals surface area contributed by atoms with Crippen molar-refractivity contribution in [3.8, 4) is 0 Å². The van der Waals surface area contributed by atoms with Crippen molar-refractivity contribution in [3.05, 3.63) is 29.6 Å². The van der Waals surface area contributed by atoms with E-state index in [9.17, 15) is 14.7 Å². The Morgan fingerprint density at radius 1 is 1.48 bits per heavy atom. The maximum absolute atomic E-state index is 12.3. The van der Waals surface area contributed by atoms with Crippen LogP contribution in [0.5, 0.6) is 0 Å². The maximum Gasteiger partial charge on any atom is 0.326 e. The zero-order valence-electron chi connectivity index (χ0n) is 12.1. The monoisotopic (exact) mass is 293 g/mol. The molecule has 0 aliphatic carbocycles. The summed E-state index contributed by atoms with van der Waals surface area (Å²) in [6.07, 6.45) is -0.724. The molecule has 0 aromatic carbocycles. The number of carbonyl (C=O) groups excluding carboxylic acids is 1. The van der Waals surface area contributed by atoms with Gasteiger partial charge < -0.3 is 20.0 Å². The summed E-state index contributed by atoms with van der Waals surface area (Å²) >= 11 is 0. The van der Waals surface area contributed by atoms with Crippen molar-refractivity contribution in [2.45, 2.75) is 32.0 Å². The zero-order chi connectivity index (χ0) is 15.6. The molecule has 114 valence electrons. The van der Waals surface area contributed by atoms with Gasteiger partial charge in [-0.1, -0.05) is 6.07 Å². The molecule has 0 spiro atoms. The number of aliphatic hydroxyl groups is 1. The molecule has 1 saturated heterocycles. The van der Waals surface area contributed by atoms with Crippen LogP contribution < -0.4 is 0 Å². The Morgan fingerprint density at radius 2 is 2.19 bits per heavy atom. The van der Waals surface area contributed by atoms with Gasteiger partial charge in [0.15, 0.2) is 0 Å². The van der Waals surface area contributed by atoms with Crippen molar-refractivity contribution in [1.29, 1.82) is 0 Å². The van der Waals surface area contributed by atoms with Gasteiger partial charge >= 0.3 is 12.0 Å². The largest absolute Gasteiger partial charge is 0.480 e. The molecule has 2 rings (SSSR count). The van der Waals surface area contributed by atoms with Crippen molar-refractivity contribution in [3.63, 3.8) is 0 Å². The smallest absolute Gasteiger partial charge is 0.326 e. The Bertz CT molecular complexity index is 549. The van der Waals surface area contributed by atoms with Gasteiger partial charge in [-0.3, -0.25) is 4.98 Å². The summed E-state index contributed by atoms with van der Waals surface area (Å²) in [6, 6.07) is 4.14. The standard InChI is InChI=1S/C14H19N3O4/c1-9-4-3-5-10(15-9)7-16(2)14(21)17-8-11(18)6-12(17)13(19)20/h3-5,11-12,18H,6-8H2,1-2H3,(H,19,20)/t11-,12-/m0/s1. The quantitative estimate of drug-likeness (QED) is 0.844.